The molecule has 1 atom stereocenters. The van der Waals surface area contributed by atoms with Crippen LogP contribution < -0.4 is 0 Å². The van der Waals surface area contributed by atoms with Gasteiger partial charge < -0.3 is 5.11 Å². The number of rotatable bonds is 3. The summed E-state index contributed by atoms with van der Waals surface area (Å²) in [6, 6.07) is 6.47. The van der Waals surface area contributed by atoms with Gasteiger partial charge >= 0.3 is 0 Å². The minimum Gasteiger partial charge on any atom is -0.382 e. The molecule has 3 nitrogen and oxygen atoms in total. The van der Waals surface area contributed by atoms with Crippen LogP contribution in [-0.2, 0) is 7.05 Å². The van der Waals surface area contributed by atoms with Gasteiger partial charge in [-0.1, -0.05) is 12.1 Å². The SMILES string of the molecule is Cc1nn(C)c(C(O)c2c(F)cccc2F)c1-c1c(F)cccc1F. The van der Waals surface area contributed by atoms with Crippen molar-refractivity contribution >= 4 is 0 Å². The predicted octanol–water partition coefficient (Wildman–Crippen LogP) is 4.03. The Kier molecular flexibility index (Phi) is 4.34. The lowest BCUT2D eigenvalue weighted by molar-refractivity contribution is 0.199. The quantitative estimate of drug-likeness (QED) is 0.724. The van der Waals surface area contributed by atoms with Gasteiger partial charge in [0.2, 0.25) is 0 Å². The van der Waals surface area contributed by atoms with E-state index in [-0.39, 0.29) is 17.0 Å². The Morgan fingerprint density at radius 3 is 1.88 bits per heavy atom. The van der Waals surface area contributed by atoms with Gasteiger partial charge in [-0.2, -0.15) is 5.10 Å². The molecule has 7 heteroatoms. The van der Waals surface area contributed by atoms with Crippen LogP contribution in [0.3, 0.4) is 0 Å². The zero-order chi connectivity index (χ0) is 18.3. The number of halogens is 4. The molecular weight excluding hydrogens is 336 g/mol. The molecule has 0 saturated heterocycles. The highest BCUT2D eigenvalue weighted by Gasteiger charge is 2.29. The summed E-state index contributed by atoms with van der Waals surface area (Å²) >= 11 is 0. The molecule has 1 N–H and O–H groups in total. The second-order valence-electron chi connectivity index (χ2n) is 5.60. The number of hydrogen-bond donors (Lipinski definition) is 1. The van der Waals surface area contributed by atoms with Crippen LogP contribution in [-0.4, -0.2) is 14.9 Å². The first kappa shape index (κ1) is 17.2. The molecule has 0 aliphatic carbocycles. The fourth-order valence-electron chi connectivity index (χ4n) is 2.94. The van der Waals surface area contributed by atoms with E-state index >= 15 is 0 Å². The van der Waals surface area contributed by atoms with E-state index in [1.165, 1.54) is 20.0 Å². The molecule has 0 saturated carbocycles. The van der Waals surface area contributed by atoms with Crippen molar-refractivity contribution in [3.05, 3.63) is 76.6 Å². The van der Waals surface area contributed by atoms with Crippen molar-refractivity contribution in [2.75, 3.05) is 0 Å². The third kappa shape index (κ3) is 2.80. The van der Waals surface area contributed by atoms with Gasteiger partial charge in [-0.3, -0.25) is 4.68 Å². The van der Waals surface area contributed by atoms with Crippen molar-refractivity contribution in [1.29, 1.82) is 0 Å². The van der Waals surface area contributed by atoms with Crippen LogP contribution in [0.15, 0.2) is 36.4 Å². The fourth-order valence-corrected chi connectivity index (χ4v) is 2.94. The van der Waals surface area contributed by atoms with E-state index in [0.29, 0.717) is 0 Å². The Labute approximate surface area is 141 Å². The summed E-state index contributed by atoms with van der Waals surface area (Å²) in [6.45, 7) is 1.50. The maximum Gasteiger partial charge on any atom is 0.134 e. The average molecular weight is 350 g/mol. The summed E-state index contributed by atoms with van der Waals surface area (Å²) in [6.07, 6.45) is -1.79. The fraction of sp³-hybridized carbons (Fsp3) is 0.167. The minimum absolute atomic E-state index is 0.0340. The van der Waals surface area contributed by atoms with Crippen molar-refractivity contribution < 1.29 is 22.7 Å². The summed E-state index contributed by atoms with van der Waals surface area (Å²) in [4.78, 5) is 0. The summed E-state index contributed by atoms with van der Waals surface area (Å²) in [7, 11) is 1.42. The van der Waals surface area contributed by atoms with E-state index in [4.69, 9.17) is 0 Å². The van der Waals surface area contributed by atoms with Crippen LogP contribution >= 0.6 is 0 Å². The minimum atomic E-state index is -1.79. The van der Waals surface area contributed by atoms with Gasteiger partial charge in [0, 0.05) is 12.6 Å². The first-order valence-corrected chi connectivity index (χ1v) is 7.42. The molecule has 1 aromatic heterocycles. The Balaban J connectivity index is 2.29. The van der Waals surface area contributed by atoms with Gasteiger partial charge in [0.05, 0.1) is 22.5 Å². The van der Waals surface area contributed by atoms with Gasteiger partial charge in [-0.25, -0.2) is 17.6 Å². The maximum absolute atomic E-state index is 14.2. The summed E-state index contributed by atoms with van der Waals surface area (Å²) in [5.41, 5.74) is -0.932. The van der Waals surface area contributed by atoms with E-state index in [2.05, 4.69) is 5.10 Å². The highest BCUT2D eigenvalue weighted by Crippen LogP contribution is 2.37. The molecule has 130 valence electrons. The third-order valence-electron chi connectivity index (χ3n) is 4.01. The van der Waals surface area contributed by atoms with E-state index in [1.807, 2.05) is 0 Å². The molecule has 0 aliphatic rings. The van der Waals surface area contributed by atoms with Crippen LogP contribution in [0.25, 0.3) is 11.1 Å². The van der Waals surface area contributed by atoms with Gasteiger partial charge in [-0.15, -0.1) is 0 Å². The average Bonchev–Trinajstić information content (AvgIpc) is 2.81. The number of aromatic nitrogens is 2. The Morgan fingerprint density at radius 2 is 1.36 bits per heavy atom. The Morgan fingerprint density at radius 1 is 0.880 bits per heavy atom. The highest BCUT2D eigenvalue weighted by molar-refractivity contribution is 5.71. The van der Waals surface area contributed by atoms with Crippen molar-refractivity contribution in [1.82, 2.24) is 9.78 Å². The zero-order valence-electron chi connectivity index (χ0n) is 13.4. The van der Waals surface area contributed by atoms with E-state index in [0.717, 1.165) is 35.0 Å². The van der Waals surface area contributed by atoms with Crippen molar-refractivity contribution in [3.8, 4) is 11.1 Å². The van der Waals surface area contributed by atoms with Gasteiger partial charge in [-0.05, 0) is 31.2 Å². The molecule has 0 amide bonds. The molecule has 3 rings (SSSR count). The van der Waals surface area contributed by atoms with Crippen molar-refractivity contribution in [3.63, 3.8) is 0 Å². The van der Waals surface area contributed by atoms with Crippen LogP contribution in [0.5, 0.6) is 0 Å². The summed E-state index contributed by atoms with van der Waals surface area (Å²) in [5, 5.41) is 14.6. The smallest absolute Gasteiger partial charge is 0.134 e. The number of nitrogens with zero attached hydrogens (tertiary/aromatic N) is 2. The molecule has 0 bridgehead atoms. The van der Waals surface area contributed by atoms with Gasteiger partial charge in [0.25, 0.3) is 0 Å². The number of aryl methyl sites for hydroxylation is 2. The second-order valence-corrected chi connectivity index (χ2v) is 5.60. The van der Waals surface area contributed by atoms with Crippen LogP contribution in [0, 0.1) is 30.2 Å². The third-order valence-corrected chi connectivity index (χ3v) is 4.01. The molecule has 25 heavy (non-hydrogen) atoms. The molecule has 1 heterocycles. The summed E-state index contributed by atoms with van der Waals surface area (Å²) in [5.74, 6) is -3.66. The van der Waals surface area contributed by atoms with Gasteiger partial charge in [0.1, 0.15) is 29.4 Å². The predicted molar refractivity (Wildman–Crippen MR) is 83.7 cm³/mol. The standard InChI is InChI=1S/C18H14F4N2O/c1-9-14(15-10(19)5-3-6-11(15)20)17(24(2)23-9)18(25)16-12(21)7-4-8-13(16)22/h3-8,18,25H,1-2H3. The maximum atomic E-state index is 14.2. The molecule has 0 spiro atoms. The Hall–Kier alpha value is -2.67. The first-order chi connectivity index (χ1) is 11.8. The van der Waals surface area contributed by atoms with Crippen LogP contribution in [0.1, 0.15) is 23.1 Å². The summed E-state index contributed by atoms with van der Waals surface area (Å²) < 4.78 is 57.7. The lowest BCUT2D eigenvalue weighted by Gasteiger charge is -2.16. The lowest BCUT2D eigenvalue weighted by atomic mass is 9.96. The van der Waals surface area contributed by atoms with Gasteiger partial charge in [0.15, 0.2) is 0 Å². The zero-order valence-corrected chi connectivity index (χ0v) is 13.4. The molecule has 0 fully saturated rings. The number of benzene rings is 2. The van der Waals surface area contributed by atoms with E-state index < -0.39 is 40.5 Å². The number of aliphatic hydroxyl groups excluding tert-OH is 1. The molecule has 0 radical (unpaired) electrons. The molecule has 3 aromatic rings. The number of hydrogen-bond acceptors (Lipinski definition) is 2. The highest BCUT2D eigenvalue weighted by atomic mass is 19.1. The monoisotopic (exact) mass is 350 g/mol. The normalized spacial score (nSPS) is 12.4. The topological polar surface area (TPSA) is 38.0 Å². The molecule has 0 aliphatic heterocycles. The largest absolute Gasteiger partial charge is 0.382 e. The second kappa shape index (κ2) is 6.33. The van der Waals surface area contributed by atoms with E-state index in [9.17, 15) is 22.7 Å². The molecular formula is C18H14F4N2O. The Bertz CT molecular complexity index is 912. The molecule has 1 unspecified atom stereocenters. The van der Waals surface area contributed by atoms with Crippen LogP contribution in [0.2, 0.25) is 0 Å². The number of aliphatic hydroxyl groups is 1. The lowest BCUT2D eigenvalue weighted by Crippen LogP contribution is -2.12. The van der Waals surface area contributed by atoms with E-state index in [1.54, 1.807) is 0 Å². The first-order valence-electron chi connectivity index (χ1n) is 7.42. The molecule has 2 aromatic carbocycles. The van der Waals surface area contributed by atoms with Crippen molar-refractivity contribution in [2.45, 2.75) is 13.0 Å². The van der Waals surface area contributed by atoms with Crippen molar-refractivity contribution in [2.24, 2.45) is 7.05 Å². The van der Waals surface area contributed by atoms with Crippen LogP contribution in [0.4, 0.5) is 17.6 Å².